The maximum atomic E-state index is 7.93. The van der Waals surface area contributed by atoms with Crippen molar-refractivity contribution in [1.29, 1.82) is 5.41 Å². The van der Waals surface area contributed by atoms with Crippen molar-refractivity contribution in [3.05, 3.63) is 40.1 Å². The molecule has 0 atom stereocenters. The number of aryl methyl sites for hydroxylation is 3. The van der Waals surface area contributed by atoms with E-state index in [9.17, 15) is 0 Å². The number of benzene rings is 1. The number of amidine groups is 1. The Bertz CT molecular complexity index is 686. The number of hydrogen-bond donors (Lipinski definition) is 2. The Morgan fingerprint density at radius 3 is 2.58 bits per heavy atom. The van der Waals surface area contributed by atoms with Gasteiger partial charge in [-0.15, -0.1) is 0 Å². The Labute approximate surface area is 113 Å². The molecule has 3 heteroatoms. The summed E-state index contributed by atoms with van der Waals surface area (Å²) in [5.41, 5.74) is 12.6. The van der Waals surface area contributed by atoms with Crippen LogP contribution in [0.3, 0.4) is 0 Å². The first-order valence-corrected chi connectivity index (χ1v) is 6.85. The second-order valence-electron chi connectivity index (χ2n) is 5.49. The molecule has 98 valence electrons. The van der Waals surface area contributed by atoms with Crippen molar-refractivity contribution in [3.63, 3.8) is 0 Å². The SMILES string of the molecule is Cc1cc2nc3c(c(C(=N)N)c2cc1C)CCCC3. The summed E-state index contributed by atoms with van der Waals surface area (Å²) in [7, 11) is 0. The molecule has 19 heavy (non-hydrogen) atoms. The zero-order valence-corrected chi connectivity index (χ0v) is 11.5. The summed E-state index contributed by atoms with van der Waals surface area (Å²) in [6.45, 7) is 4.20. The van der Waals surface area contributed by atoms with Gasteiger partial charge in [-0.2, -0.15) is 0 Å². The van der Waals surface area contributed by atoms with Crippen LogP contribution in [0.15, 0.2) is 12.1 Å². The van der Waals surface area contributed by atoms with Crippen molar-refractivity contribution >= 4 is 16.7 Å². The molecule has 0 bridgehead atoms. The number of aromatic nitrogens is 1. The summed E-state index contributed by atoms with van der Waals surface area (Å²) < 4.78 is 0. The number of nitrogen functional groups attached to an aromatic ring is 1. The highest BCUT2D eigenvalue weighted by atomic mass is 14.7. The minimum absolute atomic E-state index is 0.175. The molecular weight excluding hydrogens is 234 g/mol. The van der Waals surface area contributed by atoms with E-state index >= 15 is 0 Å². The molecule has 3 rings (SSSR count). The molecule has 0 unspecified atom stereocenters. The van der Waals surface area contributed by atoms with E-state index in [1.54, 1.807) is 0 Å². The van der Waals surface area contributed by atoms with Crippen molar-refractivity contribution in [2.24, 2.45) is 5.73 Å². The molecule has 0 saturated carbocycles. The standard InChI is InChI=1S/C16H19N3/c1-9-7-12-14(8-10(9)2)19-13-6-4-3-5-11(13)15(12)16(17)18/h7-8H,3-6H2,1-2H3,(H3,17,18). The summed E-state index contributed by atoms with van der Waals surface area (Å²) in [4.78, 5) is 4.81. The van der Waals surface area contributed by atoms with Gasteiger partial charge in [-0.05, 0) is 68.4 Å². The van der Waals surface area contributed by atoms with Crippen molar-refractivity contribution < 1.29 is 0 Å². The lowest BCUT2D eigenvalue weighted by Crippen LogP contribution is -2.19. The molecule has 0 aliphatic heterocycles. The normalized spacial score (nSPS) is 14.4. The Morgan fingerprint density at radius 1 is 1.16 bits per heavy atom. The van der Waals surface area contributed by atoms with Crippen LogP contribution in [-0.2, 0) is 12.8 Å². The third-order valence-corrected chi connectivity index (χ3v) is 4.15. The molecular formula is C16H19N3. The van der Waals surface area contributed by atoms with E-state index in [4.69, 9.17) is 16.1 Å². The van der Waals surface area contributed by atoms with E-state index in [-0.39, 0.29) is 5.84 Å². The molecule has 0 fully saturated rings. The number of rotatable bonds is 1. The Hall–Kier alpha value is -1.90. The highest BCUT2D eigenvalue weighted by Gasteiger charge is 2.19. The average Bonchev–Trinajstić information content (AvgIpc) is 2.37. The fourth-order valence-corrected chi connectivity index (χ4v) is 2.99. The number of nitrogens with two attached hydrogens (primary N) is 1. The van der Waals surface area contributed by atoms with E-state index in [2.05, 4.69) is 26.0 Å². The molecule has 1 aromatic heterocycles. The fourth-order valence-electron chi connectivity index (χ4n) is 2.99. The molecule has 1 aliphatic rings. The topological polar surface area (TPSA) is 62.8 Å². The van der Waals surface area contributed by atoms with Gasteiger partial charge in [0.15, 0.2) is 0 Å². The van der Waals surface area contributed by atoms with Gasteiger partial charge in [0.05, 0.1) is 5.52 Å². The third-order valence-electron chi connectivity index (χ3n) is 4.15. The second kappa shape index (κ2) is 4.34. The molecule has 1 heterocycles. The zero-order chi connectivity index (χ0) is 13.6. The molecule has 0 radical (unpaired) electrons. The van der Waals surface area contributed by atoms with Gasteiger partial charge in [-0.3, -0.25) is 10.4 Å². The lowest BCUT2D eigenvalue weighted by molar-refractivity contribution is 0.670. The highest BCUT2D eigenvalue weighted by molar-refractivity contribution is 6.08. The number of nitrogens with zero attached hydrogens (tertiary/aromatic N) is 1. The summed E-state index contributed by atoms with van der Waals surface area (Å²) in [6.07, 6.45) is 4.37. The van der Waals surface area contributed by atoms with E-state index in [0.717, 1.165) is 35.0 Å². The smallest absolute Gasteiger partial charge is 0.123 e. The van der Waals surface area contributed by atoms with Gasteiger partial charge in [-0.25, -0.2) is 0 Å². The number of fused-ring (bicyclic) bond motifs is 2. The molecule has 3 N–H and O–H groups in total. The molecule has 1 aliphatic carbocycles. The van der Waals surface area contributed by atoms with Gasteiger partial charge in [0.2, 0.25) is 0 Å². The monoisotopic (exact) mass is 253 g/mol. The maximum absolute atomic E-state index is 7.93. The first kappa shape index (κ1) is 12.2. The summed E-state index contributed by atoms with van der Waals surface area (Å²) in [5.74, 6) is 0.175. The van der Waals surface area contributed by atoms with Gasteiger partial charge in [0.25, 0.3) is 0 Å². The van der Waals surface area contributed by atoms with Gasteiger partial charge >= 0.3 is 0 Å². The van der Waals surface area contributed by atoms with Crippen molar-refractivity contribution in [3.8, 4) is 0 Å². The van der Waals surface area contributed by atoms with Crippen molar-refractivity contribution in [1.82, 2.24) is 4.98 Å². The van der Waals surface area contributed by atoms with Crippen LogP contribution in [0.2, 0.25) is 0 Å². The first-order valence-electron chi connectivity index (χ1n) is 6.85. The van der Waals surface area contributed by atoms with Gasteiger partial charge in [-0.1, -0.05) is 0 Å². The van der Waals surface area contributed by atoms with E-state index in [1.807, 2.05) is 0 Å². The lowest BCUT2D eigenvalue weighted by atomic mass is 9.88. The highest BCUT2D eigenvalue weighted by Crippen LogP contribution is 2.30. The van der Waals surface area contributed by atoms with Crippen molar-refractivity contribution in [2.75, 3.05) is 0 Å². The molecule has 0 amide bonds. The van der Waals surface area contributed by atoms with Crippen LogP contribution < -0.4 is 5.73 Å². The predicted molar refractivity (Wildman–Crippen MR) is 78.9 cm³/mol. The molecule has 1 aromatic carbocycles. The minimum atomic E-state index is 0.175. The van der Waals surface area contributed by atoms with Crippen LogP contribution in [-0.4, -0.2) is 10.8 Å². The maximum Gasteiger partial charge on any atom is 0.123 e. The predicted octanol–water partition coefficient (Wildman–Crippen LogP) is 3.01. The second-order valence-corrected chi connectivity index (χ2v) is 5.49. The first-order chi connectivity index (χ1) is 9.08. The van der Waals surface area contributed by atoms with Gasteiger partial charge < -0.3 is 5.73 Å². The van der Waals surface area contributed by atoms with Gasteiger partial charge in [0.1, 0.15) is 5.84 Å². The Morgan fingerprint density at radius 2 is 1.84 bits per heavy atom. The zero-order valence-electron chi connectivity index (χ0n) is 11.5. The quantitative estimate of drug-likeness (QED) is 0.606. The summed E-state index contributed by atoms with van der Waals surface area (Å²) >= 11 is 0. The van der Waals surface area contributed by atoms with Crippen LogP contribution in [0, 0.1) is 19.3 Å². The summed E-state index contributed by atoms with van der Waals surface area (Å²) in [6, 6.07) is 4.25. The number of hydrogen-bond acceptors (Lipinski definition) is 2. The fraction of sp³-hybridized carbons (Fsp3) is 0.375. The van der Waals surface area contributed by atoms with Gasteiger partial charge in [0, 0.05) is 16.6 Å². The van der Waals surface area contributed by atoms with Crippen molar-refractivity contribution in [2.45, 2.75) is 39.5 Å². The average molecular weight is 253 g/mol. The van der Waals surface area contributed by atoms with E-state index < -0.39 is 0 Å². The van der Waals surface area contributed by atoms with E-state index in [1.165, 1.54) is 29.5 Å². The largest absolute Gasteiger partial charge is 0.384 e. The third kappa shape index (κ3) is 1.89. The van der Waals surface area contributed by atoms with E-state index in [0.29, 0.717) is 0 Å². The molecule has 2 aromatic rings. The van der Waals surface area contributed by atoms with Crippen LogP contribution in [0.4, 0.5) is 0 Å². The van der Waals surface area contributed by atoms with Crippen LogP contribution in [0.25, 0.3) is 10.9 Å². The Balaban J connectivity index is 2.42. The molecule has 0 saturated heterocycles. The molecule has 0 spiro atoms. The van der Waals surface area contributed by atoms with Crippen LogP contribution in [0.5, 0.6) is 0 Å². The van der Waals surface area contributed by atoms with Crippen LogP contribution >= 0.6 is 0 Å². The molecule has 3 nitrogen and oxygen atoms in total. The number of pyridine rings is 1. The Kier molecular flexibility index (Phi) is 2.77. The van der Waals surface area contributed by atoms with Crippen LogP contribution in [0.1, 0.15) is 40.8 Å². The number of nitrogens with one attached hydrogen (secondary N) is 1. The minimum Gasteiger partial charge on any atom is -0.384 e. The lowest BCUT2D eigenvalue weighted by Gasteiger charge is -2.20. The summed E-state index contributed by atoms with van der Waals surface area (Å²) in [5, 5.41) is 8.97.